The van der Waals surface area contributed by atoms with E-state index in [0.717, 1.165) is 5.69 Å². The lowest BCUT2D eigenvalue weighted by Crippen LogP contribution is -2.59. The molecule has 3 nitrogen and oxygen atoms in total. The molecule has 3 heteroatoms. The minimum atomic E-state index is 0.0225. The van der Waals surface area contributed by atoms with E-state index in [1.54, 1.807) is 19.0 Å². The van der Waals surface area contributed by atoms with E-state index >= 15 is 0 Å². The molecular weight excluding hydrogens is 152 g/mol. The molecule has 0 unspecified atom stereocenters. The summed E-state index contributed by atoms with van der Waals surface area (Å²) in [5.74, 6) is 0.0225. The second-order valence-electron chi connectivity index (χ2n) is 2.73. The topological polar surface area (TPSA) is 24.2 Å². The first-order chi connectivity index (χ1) is 5.63. The predicted molar refractivity (Wildman–Crippen MR) is 46.2 cm³/mol. The predicted octanol–water partition coefficient (Wildman–Crippen LogP) is 0.397. The number of amides is 1. The first-order valence-electron chi connectivity index (χ1n) is 3.85. The van der Waals surface area contributed by atoms with Crippen molar-refractivity contribution in [3.05, 3.63) is 30.1 Å². The lowest BCUT2D eigenvalue weighted by Gasteiger charge is -2.08. The van der Waals surface area contributed by atoms with Gasteiger partial charge in [-0.2, -0.15) is 0 Å². The Bertz CT molecular complexity index is 296. The summed E-state index contributed by atoms with van der Waals surface area (Å²) < 4.78 is 1.81. The van der Waals surface area contributed by atoms with Crippen LogP contribution < -0.4 is 9.69 Å². The van der Waals surface area contributed by atoms with Gasteiger partial charge in [0.1, 0.15) is 0 Å². The van der Waals surface area contributed by atoms with Gasteiger partial charge in [-0.1, -0.05) is 4.68 Å². The normalized spacial score (nSPS) is 9.58. The summed E-state index contributed by atoms with van der Waals surface area (Å²) in [5.41, 5.74) is 1.04. The Hall–Kier alpha value is -1.38. The average molecular weight is 165 g/mol. The summed E-state index contributed by atoms with van der Waals surface area (Å²) >= 11 is 0. The van der Waals surface area contributed by atoms with Gasteiger partial charge in [-0.05, 0) is 6.07 Å². The third-order valence-electron chi connectivity index (χ3n) is 1.82. The van der Waals surface area contributed by atoms with Crippen molar-refractivity contribution in [2.75, 3.05) is 12.1 Å². The zero-order valence-corrected chi connectivity index (χ0v) is 7.61. The molecule has 0 N–H and O–H groups in total. The highest BCUT2D eigenvalue weighted by Crippen LogP contribution is 1.87. The van der Waals surface area contributed by atoms with E-state index in [-0.39, 0.29) is 5.91 Å². The van der Waals surface area contributed by atoms with E-state index in [0.29, 0.717) is 0 Å². The lowest BCUT2D eigenvalue weighted by molar-refractivity contribution is -0.686. The second kappa shape index (κ2) is 3.34. The minimum absolute atomic E-state index is 0.0225. The first kappa shape index (κ1) is 8.71. The van der Waals surface area contributed by atoms with Crippen LogP contribution in [0.2, 0.25) is 0 Å². The summed E-state index contributed by atoms with van der Waals surface area (Å²) in [6.45, 7) is 3.50. The van der Waals surface area contributed by atoms with Crippen LogP contribution in [0, 0.1) is 6.92 Å². The maximum Gasteiger partial charge on any atom is 0.274 e. The van der Waals surface area contributed by atoms with Gasteiger partial charge in [0, 0.05) is 26.0 Å². The van der Waals surface area contributed by atoms with Crippen LogP contribution in [-0.2, 0) is 4.79 Å². The second-order valence-corrected chi connectivity index (χ2v) is 2.73. The quantitative estimate of drug-likeness (QED) is 0.553. The Morgan fingerprint density at radius 2 is 2.17 bits per heavy atom. The van der Waals surface area contributed by atoms with Crippen molar-refractivity contribution >= 4 is 5.91 Å². The highest BCUT2D eigenvalue weighted by atomic mass is 16.2. The van der Waals surface area contributed by atoms with E-state index in [4.69, 9.17) is 0 Å². The van der Waals surface area contributed by atoms with E-state index in [1.807, 2.05) is 36.0 Å². The summed E-state index contributed by atoms with van der Waals surface area (Å²) in [6, 6.07) is 5.80. The minimum Gasteiger partial charge on any atom is -0.269 e. The Morgan fingerprint density at radius 3 is 2.67 bits per heavy atom. The molecule has 1 heterocycles. The van der Waals surface area contributed by atoms with Gasteiger partial charge in [0.2, 0.25) is 5.69 Å². The number of carbonyl (C=O) groups excluding carboxylic acids is 1. The smallest absolute Gasteiger partial charge is 0.269 e. The van der Waals surface area contributed by atoms with Gasteiger partial charge in [0.05, 0.1) is 7.05 Å². The van der Waals surface area contributed by atoms with Crippen molar-refractivity contribution in [1.82, 2.24) is 0 Å². The zero-order chi connectivity index (χ0) is 9.14. The molecule has 1 aromatic heterocycles. The van der Waals surface area contributed by atoms with Gasteiger partial charge >= 0.3 is 0 Å². The summed E-state index contributed by atoms with van der Waals surface area (Å²) in [5, 5.41) is 1.56. The van der Waals surface area contributed by atoms with Crippen molar-refractivity contribution in [2.24, 2.45) is 0 Å². The van der Waals surface area contributed by atoms with Gasteiger partial charge in [0.25, 0.3) is 5.91 Å². The highest BCUT2D eigenvalue weighted by Gasteiger charge is 2.14. The maximum absolute atomic E-state index is 11.0. The van der Waals surface area contributed by atoms with Gasteiger partial charge in [-0.15, -0.1) is 5.01 Å². The van der Waals surface area contributed by atoms with E-state index in [2.05, 4.69) is 0 Å². The Morgan fingerprint density at radius 1 is 1.50 bits per heavy atom. The van der Waals surface area contributed by atoms with Gasteiger partial charge < -0.3 is 0 Å². The van der Waals surface area contributed by atoms with Crippen molar-refractivity contribution in [3.8, 4) is 0 Å². The fourth-order valence-corrected chi connectivity index (χ4v) is 1.01. The Labute approximate surface area is 72.2 Å². The molecule has 0 aliphatic rings. The van der Waals surface area contributed by atoms with E-state index in [1.165, 1.54) is 0 Å². The molecule has 0 atom stereocenters. The number of hydrogen-bond acceptors (Lipinski definition) is 1. The monoisotopic (exact) mass is 165 g/mol. The summed E-state index contributed by atoms with van der Waals surface area (Å²) in [7, 11) is 1.75. The molecular formula is C9H13N2O+. The molecule has 1 amide bonds. The Kier molecular flexibility index (Phi) is 2.43. The van der Waals surface area contributed by atoms with Crippen LogP contribution in [-0.4, -0.2) is 13.0 Å². The standard InChI is InChI=1S/C9H13N2O/c1-8-6-4-5-7-11(8)10(3)9(2)12/h4-7H,1-3H3/q+1. The SMILES string of the molecule is CC(=O)N(C)[n+]1ccccc1C. The molecule has 64 valence electrons. The van der Waals surface area contributed by atoms with Crippen molar-refractivity contribution in [2.45, 2.75) is 13.8 Å². The maximum atomic E-state index is 11.0. The molecule has 0 aromatic carbocycles. The van der Waals surface area contributed by atoms with Crippen LogP contribution in [0.15, 0.2) is 24.4 Å². The van der Waals surface area contributed by atoms with Crippen molar-refractivity contribution in [3.63, 3.8) is 0 Å². The van der Waals surface area contributed by atoms with Gasteiger partial charge in [-0.25, -0.2) is 0 Å². The summed E-state index contributed by atoms with van der Waals surface area (Å²) in [4.78, 5) is 11.0. The number of hydrogen-bond donors (Lipinski definition) is 0. The number of aryl methyl sites for hydroxylation is 1. The van der Waals surface area contributed by atoms with Crippen molar-refractivity contribution < 1.29 is 9.47 Å². The van der Waals surface area contributed by atoms with E-state index in [9.17, 15) is 4.79 Å². The summed E-state index contributed by atoms with van der Waals surface area (Å²) in [6.07, 6.45) is 1.86. The van der Waals surface area contributed by atoms with Crippen LogP contribution >= 0.6 is 0 Å². The highest BCUT2D eigenvalue weighted by molar-refractivity contribution is 5.80. The van der Waals surface area contributed by atoms with Gasteiger partial charge in [-0.3, -0.25) is 4.79 Å². The molecule has 0 saturated heterocycles. The zero-order valence-electron chi connectivity index (χ0n) is 7.61. The molecule has 0 bridgehead atoms. The Balaban J connectivity index is 3.02. The molecule has 12 heavy (non-hydrogen) atoms. The molecule has 0 aliphatic carbocycles. The fourth-order valence-electron chi connectivity index (χ4n) is 1.01. The van der Waals surface area contributed by atoms with Crippen LogP contribution in [0.1, 0.15) is 12.6 Å². The molecule has 0 fully saturated rings. The average Bonchev–Trinajstić information content (AvgIpc) is 2.04. The molecule has 0 spiro atoms. The third kappa shape index (κ3) is 1.61. The van der Waals surface area contributed by atoms with Crippen LogP contribution in [0.4, 0.5) is 0 Å². The van der Waals surface area contributed by atoms with Crippen LogP contribution in [0.25, 0.3) is 0 Å². The number of nitrogens with zero attached hydrogens (tertiary/aromatic N) is 2. The molecule has 0 aliphatic heterocycles. The van der Waals surface area contributed by atoms with Gasteiger partial charge in [0.15, 0.2) is 6.20 Å². The number of rotatable bonds is 1. The fraction of sp³-hybridized carbons (Fsp3) is 0.333. The van der Waals surface area contributed by atoms with E-state index < -0.39 is 0 Å². The number of aromatic nitrogens is 1. The number of pyridine rings is 1. The van der Waals surface area contributed by atoms with Crippen LogP contribution in [0.5, 0.6) is 0 Å². The number of carbonyl (C=O) groups is 1. The molecule has 0 radical (unpaired) electrons. The third-order valence-corrected chi connectivity index (χ3v) is 1.82. The molecule has 1 aromatic rings. The lowest BCUT2D eigenvalue weighted by atomic mass is 10.4. The van der Waals surface area contributed by atoms with Crippen LogP contribution in [0.3, 0.4) is 0 Å². The largest absolute Gasteiger partial charge is 0.274 e. The molecule has 0 saturated carbocycles. The molecule has 1 rings (SSSR count). The van der Waals surface area contributed by atoms with Crippen molar-refractivity contribution in [1.29, 1.82) is 0 Å². The first-order valence-corrected chi connectivity index (χ1v) is 3.85.